The topological polar surface area (TPSA) is 0 Å². The van der Waals surface area contributed by atoms with Crippen molar-refractivity contribution in [2.24, 2.45) is 0 Å². The molecule has 0 nitrogen and oxygen atoms in total. The van der Waals surface area contributed by atoms with Gasteiger partial charge in [-0.25, -0.2) is 0 Å². The van der Waals surface area contributed by atoms with Crippen molar-refractivity contribution < 1.29 is 17.9 Å². The van der Waals surface area contributed by atoms with Crippen molar-refractivity contribution in [2.75, 3.05) is 0 Å². The van der Waals surface area contributed by atoms with Crippen LogP contribution >= 0.6 is 17.0 Å². The third-order valence-electron chi connectivity index (χ3n) is 9.55. The number of hydrogen-bond donors (Lipinski definition) is 0. The van der Waals surface area contributed by atoms with E-state index in [2.05, 4.69) is 132 Å². The molecule has 43 heavy (non-hydrogen) atoms. The number of allylic oxidation sites excluding steroid dienone is 1. The summed E-state index contributed by atoms with van der Waals surface area (Å²) in [6.07, 6.45) is 4.66. The molecule has 0 aromatic heterocycles. The fraction of sp³-hybridized carbons (Fsp3) is 0.297. The molecule has 0 radical (unpaired) electrons. The van der Waals surface area contributed by atoms with Crippen molar-refractivity contribution in [3.8, 4) is 22.3 Å². The summed E-state index contributed by atoms with van der Waals surface area (Å²) < 4.78 is 1.42. The first kappa shape index (κ1) is 31.7. The van der Waals surface area contributed by atoms with Crippen LogP contribution in [-0.2, 0) is 24.3 Å². The molecule has 0 bridgehead atoms. The summed E-state index contributed by atoms with van der Waals surface area (Å²) in [4.78, 5) is 0. The fourth-order valence-electron chi connectivity index (χ4n) is 7.21. The van der Waals surface area contributed by atoms with Gasteiger partial charge in [-0.2, -0.15) is 0 Å². The Hall–Kier alpha value is -1.27. The van der Waals surface area contributed by atoms with Crippen LogP contribution in [0.3, 0.4) is 0 Å². The van der Waals surface area contributed by atoms with Gasteiger partial charge in [-0.3, -0.25) is 0 Å². The maximum atomic E-state index is 7.85. The molecule has 0 N–H and O–H groups in total. The van der Waals surface area contributed by atoms with E-state index in [1.165, 1.54) is 58.2 Å². The number of rotatable bonds is 7. The van der Waals surface area contributed by atoms with E-state index >= 15 is 0 Å². The Balaban J connectivity index is 1.54. The number of fused-ring (bicyclic) bond motifs is 4. The van der Waals surface area contributed by atoms with E-state index in [9.17, 15) is 0 Å². The zero-order chi connectivity index (χ0) is 30.9. The Morgan fingerprint density at radius 1 is 0.791 bits per heavy atom. The van der Waals surface area contributed by atoms with Gasteiger partial charge in [-0.1, -0.05) is 0 Å². The monoisotopic (exact) mass is 732 g/mol. The number of halogens is 2. The minimum atomic E-state index is -3.96. The van der Waals surface area contributed by atoms with Gasteiger partial charge in [0.05, 0.1) is 0 Å². The van der Waals surface area contributed by atoms with E-state index in [-0.39, 0.29) is 3.63 Å². The van der Waals surface area contributed by atoms with Crippen LogP contribution in [0, 0.1) is 0 Å². The van der Waals surface area contributed by atoms with Crippen LogP contribution in [0.15, 0.2) is 78.4 Å². The van der Waals surface area contributed by atoms with Gasteiger partial charge < -0.3 is 0 Å². The average Bonchev–Trinajstić information content (AvgIpc) is 3.49. The first-order valence-electron chi connectivity index (χ1n) is 15.8. The molecule has 0 fully saturated rings. The van der Waals surface area contributed by atoms with Crippen LogP contribution in [0.2, 0.25) is 39.3 Å². The third kappa shape index (κ3) is 5.68. The van der Waals surface area contributed by atoms with Crippen LogP contribution in [-0.4, -0.2) is 25.7 Å². The van der Waals surface area contributed by atoms with Gasteiger partial charge in [-0.15, -0.1) is 0 Å². The standard InChI is InChI=1S/C25H35Si2.C12H9Si.2ClH.Zr/c1-9-10-19-11-12-20-13-18(2)14-24(20)25(19)21-15-22(26(3,4)5)17-23(16-21)27(6,7)8;1-3-7-11-9(5-1)10-6-2-4-8-12(10)13-11;;;/h11-17H,9-10H2,1-8H3;1-7H,13H2;2*1H;/q;;;;+2/p-2. The second-order valence-corrected chi connectivity index (χ2v) is 40.7. The van der Waals surface area contributed by atoms with Gasteiger partial charge in [0.25, 0.3) is 0 Å². The van der Waals surface area contributed by atoms with Crippen LogP contribution in [0.1, 0.15) is 40.6 Å². The average molecular weight is 735 g/mol. The zero-order valence-corrected chi connectivity index (χ0v) is 34.3. The fourth-order valence-corrected chi connectivity index (χ4v) is 26.9. The Labute approximate surface area is 275 Å². The second kappa shape index (κ2) is 11.5. The molecule has 4 aromatic carbocycles. The Morgan fingerprint density at radius 3 is 2.09 bits per heavy atom. The van der Waals surface area contributed by atoms with Crippen molar-refractivity contribution in [3.63, 3.8) is 0 Å². The number of aryl methyl sites for hydroxylation is 1. The van der Waals surface area contributed by atoms with Gasteiger partial charge in [0.15, 0.2) is 0 Å². The SMILES string of the molecule is CCCc1ccc2c(c1-c1cc([Si](C)(C)C)cc([Si](C)(C)C)c1)C=C(C)[CH]2[Zr]([Cl])([Cl])[c]1cccc2c1[SiH2]c1ccccc1-2. The molecule has 4 aromatic rings. The third-order valence-corrected chi connectivity index (χ3v) is 28.1. The molecular formula is C37H44Cl2Si3Zr. The van der Waals surface area contributed by atoms with E-state index in [1.807, 2.05) is 0 Å². The van der Waals surface area contributed by atoms with Crippen molar-refractivity contribution in [1.82, 2.24) is 0 Å². The molecule has 1 heterocycles. The Bertz CT molecular complexity index is 1740. The van der Waals surface area contributed by atoms with Crippen LogP contribution in [0.25, 0.3) is 28.3 Å². The second-order valence-electron chi connectivity index (χ2n) is 14.8. The number of benzene rings is 4. The summed E-state index contributed by atoms with van der Waals surface area (Å²) in [5, 5.41) is 6.14. The molecule has 0 spiro atoms. The predicted molar refractivity (Wildman–Crippen MR) is 199 cm³/mol. The minimum absolute atomic E-state index is 0.114. The van der Waals surface area contributed by atoms with Crippen LogP contribution < -0.4 is 24.0 Å². The summed E-state index contributed by atoms with van der Waals surface area (Å²) >= 11 is -3.96. The summed E-state index contributed by atoms with van der Waals surface area (Å²) in [5.74, 6) is 0. The predicted octanol–water partition coefficient (Wildman–Crippen LogP) is 7.74. The summed E-state index contributed by atoms with van der Waals surface area (Å²) in [6.45, 7) is 19.4. The molecule has 1 aliphatic carbocycles. The summed E-state index contributed by atoms with van der Waals surface area (Å²) in [6, 6.07) is 28.1. The molecule has 6 rings (SSSR count). The van der Waals surface area contributed by atoms with Gasteiger partial charge in [-0.05, 0) is 0 Å². The molecule has 0 saturated carbocycles. The van der Waals surface area contributed by atoms with Crippen molar-refractivity contribution >= 4 is 72.8 Å². The zero-order valence-electron chi connectivity index (χ0n) is 27.0. The summed E-state index contributed by atoms with van der Waals surface area (Å²) in [7, 11) is 12.0. The Morgan fingerprint density at radius 2 is 1.44 bits per heavy atom. The van der Waals surface area contributed by atoms with E-state index in [0.717, 1.165) is 12.8 Å². The molecule has 0 saturated heterocycles. The van der Waals surface area contributed by atoms with Crippen LogP contribution in [0.4, 0.5) is 0 Å². The molecule has 222 valence electrons. The Kier molecular flexibility index (Phi) is 8.49. The van der Waals surface area contributed by atoms with Gasteiger partial charge in [0.2, 0.25) is 0 Å². The van der Waals surface area contributed by atoms with Crippen molar-refractivity contribution in [3.05, 3.63) is 95.1 Å². The van der Waals surface area contributed by atoms with Gasteiger partial charge in [0.1, 0.15) is 0 Å². The van der Waals surface area contributed by atoms with E-state index < -0.39 is 43.5 Å². The molecule has 1 atom stereocenters. The van der Waals surface area contributed by atoms with E-state index in [4.69, 9.17) is 17.0 Å². The van der Waals surface area contributed by atoms with E-state index in [1.54, 1.807) is 10.4 Å². The first-order valence-corrected chi connectivity index (χ1v) is 33.2. The molecule has 1 aliphatic heterocycles. The van der Waals surface area contributed by atoms with Crippen molar-refractivity contribution in [1.29, 1.82) is 0 Å². The van der Waals surface area contributed by atoms with Gasteiger partial charge >= 0.3 is 278 Å². The first-order chi connectivity index (χ1) is 20.2. The van der Waals surface area contributed by atoms with E-state index in [0.29, 0.717) is 0 Å². The maximum absolute atomic E-state index is 7.85. The molecule has 0 amide bonds. The number of hydrogen-bond acceptors (Lipinski definition) is 0. The molecule has 2 aliphatic rings. The molecule has 6 heteroatoms. The normalized spacial score (nSPS) is 16.7. The quantitative estimate of drug-likeness (QED) is 0.150. The van der Waals surface area contributed by atoms with Crippen molar-refractivity contribution in [2.45, 2.75) is 69.6 Å². The molecular weight excluding hydrogens is 691 g/mol. The summed E-state index contributed by atoms with van der Waals surface area (Å²) in [5.41, 5.74) is 11.1. The molecule has 1 unspecified atom stereocenters. The van der Waals surface area contributed by atoms with Gasteiger partial charge in [0, 0.05) is 0 Å². The van der Waals surface area contributed by atoms with Crippen LogP contribution in [0.5, 0.6) is 0 Å².